The largest absolute Gasteiger partial charge is 0.480 e. The molecule has 0 unspecified atom stereocenters. The van der Waals surface area contributed by atoms with Gasteiger partial charge < -0.3 is 9.67 Å². The molecule has 106 valence electrons. The maximum Gasteiger partial charge on any atom is 0.316 e. The standard InChI is InChI=1S/C13H21N3O2S/c1-3-16-11(10-7-5-4-6-8-10)14-15-13(16)19-9(2)12(17)18/h9-10H,3-8H2,1-2H3,(H,17,18)/t9-/m1/s1. The maximum absolute atomic E-state index is 10.9. The Morgan fingerprint density at radius 1 is 1.42 bits per heavy atom. The van der Waals surface area contributed by atoms with Crippen LogP contribution in [0.2, 0.25) is 0 Å². The first-order valence-corrected chi connectivity index (χ1v) is 7.84. The minimum Gasteiger partial charge on any atom is -0.480 e. The first-order chi connectivity index (χ1) is 9.13. The SMILES string of the molecule is CCn1c(S[C@H](C)C(=O)O)nnc1C1CCCCC1. The first-order valence-electron chi connectivity index (χ1n) is 6.96. The molecule has 1 saturated carbocycles. The monoisotopic (exact) mass is 283 g/mol. The summed E-state index contributed by atoms with van der Waals surface area (Å²) in [7, 11) is 0. The molecule has 1 aromatic rings. The van der Waals surface area contributed by atoms with Gasteiger partial charge in [0.2, 0.25) is 0 Å². The van der Waals surface area contributed by atoms with Crippen molar-refractivity contribution in [2.45, 2.75) is 68.8 Å². The zero-order chi connectivity index (χ0) is 13.8. The predicted molar refractivity (Wildman–Crippen MR) is 74.5 cm³/mol. The highest BCUT2D eigenvalue weighted by Crippen LogP contribution is 2.33. The summed E-state index contributed by atoms with van der Waals surface area (Å²) in [4.78, 5) is 10.9. The average Bonchev–Trinajstić information content (AvgIpc) is 2.82. The molecule has 0 saturated heterocycles. The van der Waals surface area contributed by atoms with Crippen molar-refractivity contribution in [3.8, 4) is 0 Å². The summed E-state index contributed by atoms with van der Waals surface area (Å²) in [5, 5.41) is 17.7. The van der Waals surface area contributed by atoms with Gasteiger partial charge in [-0.15, -0.1) is 10.2 Å². The molecule has 0 aromatic carbocycles. The number of carboxylic acids is 1. The average molecular weight is 283 g/mol. The fourth-order valence-electron chi connectivity index (χ4n) is 2.56. The van der Waals surface area contributed by atoms with Crippen LogP contribution in [0, 0.1) is 0 Å². The lowest BCUT2D eigenvalue weighted by atomic mass is 9.89. The summed E-state index contributed by atoms with van der Waals surface area (Å²) in [6.07, 6.45) is 6.19. The molecule has 1 aromatic heterocycles. The Labute approximate surface area is 117 Å². The Kier molecular flexibility index (Phi) is 4.85. The highest BCUT2D eigenvalue weighted by Gasteiger charge is 2.24. The highest BCUT2D eigenvalue weighted by atomic mass is 32.2. The third-order valence-corrected chi connectivity index (χ3v) is 4.73. The number of nitrogens with zero attached hydrogens (tertiary/aromatic N) is 3. The number of rotatable bonds is 5. The van der Waals surface area contributed by atoms with E-state index in [4.69, 9.17) is 5.11 Å². The molecule has 0 radical (unpaired) electrons. The maximum atomic E-state index is 10.9. The van der Waals surface area contributed by atoms with Crippen LogP contribution >= 0.6 is 11.8 Å². The number of aliphatic carboxylic acids is 1. The Morgan fingerprint density at radius 2 is 2.11 bits per heavy atom. The van der Waals surface area contributed by atoms with Crippen LogP contribution in [-0.4, -0.2) is 31.1 Å². The van der Waals surface area contributed by atoms with Crippen LogP contribution in [0.25, 0.3) is 0 Å². The number of carboxylic acid groups (broad SMARTS) is 1. The van der Waals surface area contributed by atoms with Gasteiger partial charge in [-0.05, 0) is 26.7 Å². The smallest absolute Gasteiger partial charge is 0.316 e. The topological polar surface area (TPSA) is 68.0 Å². The lowest BCUT2D eigenvalue weighted by molar-refractivity contribution is -0.136. The van der Waals surface area contributed by atoms with Crippen molar-refractivity contribution < 1.29 is 9.90 Å². The minimum absolute atomic E-state index is 0.492. The quantitative estimate of drug-likeness (QED) is 0.841. The molecule has 1 heterocycles. The minimum atomic E-state index is -0.810. The Hall–Kier alpha value is -1.04. The van der Waals surface area contributed by atoms with Crippen LogP contribution in [-0.2, 0) is 11.3 Å². The number of hydrogen-bond donors (Lipinski definition) is 1. The molecule has 0 bridgehead atoms. The summed E-state index contributed by atoms with van der Waals surface area (Å²) < 4.78 is 2.08. The molecule has 19 heavy (non-hydrogen) atoms. The van der Waals surface area contributed by atoms with Gasteiger partial charge in [0, 0.05) is 12.5 Å². The van der Waals surface area contributed by atoms with Gasteiger partial charge in [0.25, 0.3) is 0 Å². The van der Waals surface area contributed by atoms with E-state index in [2.05, 4.69) is 21.7 Å². The van der Waals surface area contributed by atoms with Gasteiger partial charge in [-0.2, -0.15) is 0 Å². The second-order valence-corrected chi connectivity index (χ2v) is 6.33. The van der Waals surface area contributed by atoms with Crippen molar-refractivity contribution in [1.82, 2.24) is 14.8 Å². The van der Waals surface area contributed by atoms with Crippen LogP contribution in [0.1, 0.15) is 57.7 Å². The normalized spacial score (nSPS) is 18.4. The zero-order valence-corrected chi connectivity index (χ0v) is 12.3. The summed E-state index contributed by atoms with van der Waals surface area (Å²) in [6, 6.07) is 0. The number of aromatic nitrogens is 3. The summed E-state index contributed by atoms with van der Waals surface area (Å²) in [6.45, 7) is 4.54. The molecule has 5 nitrogen and oxygen atoms in total. The van der Waals surface area contributed by atoms with Gasteiger partial charge in [-0.1, -0.05) is 31.0 Å². The summed E-state index contributed by atoms with van der Waals surface area (Å²) in [5.74, 6) is 0.729. The van der Waals surface area contributed by atoms with E-state index in [0.29, 0.717) is 5.92 Å². The second kappa shape index (κ2) is 6.41. The molecule has 1 N–H and O–H groups in total. The number of thioether (sulfide) groups is 1. The molecule has 0 spiro atoms. The van der Waals surface area contributed by atoms with Gasteiger partial charge in [-0.25, -0.2) is 0 Å². The Morgan fingerprint density at radius 3 is 2.68 bits per heavy atom. The lowest BCUT2D eigenvalue weighted by Crippen LogP contribution is -2.15. The molecular weight excluding hydrogens is 262 g/mol. The van der Waals surface area contributed by atoms with Crippen molar-refractivity contribution in [1.29, 1.82) is 0 Å². The first kappa shape index (κ1) is 14.4. The van der Waals surface area contributed by atoms with Gasteiger partial charge in [0.1, 0.15) is 11.1 Å². The van der Waals surface area contributed by atoms with E-state index in [9.17, 15) is 4.79 Å². The lowest BCUT2D eigenvalue weighted by Gasteiger charge is -2.21. The molecule has 1 aliphatic rings. The molecule has 0 amide bonds. The van der Waals surface area contributed by atoms with Gasteiger partial charge >= 0.3 is 5.97 Å². The molecule has 6 heteroatoms. The van der Waals surface area contributed by atoms with Gasteiger partial charge in [0.05, 0.1) is 0 Å². The van der Waals surface area contributed by atoms with Crippen LogP contribution in [0.3, 0.4) is 0 Å². The van der Waals surface area contributed by atoms with Crippen LogP contribution in [0.5, 0.6) is 0 Å². The summed E-state index contributed by atoms with van der Waals surface area (Å²) in [5.41, 5.74) is 0. The van der Waals surface area contributed by atoms with Crippen LogP contribution in [0.15, 0.2) is 5.16 Å². The van der Waals surface area contributed by atoms with E-state index in [0.717, 1.165) is 17.5 Å². The molecular formula is C13H21N3O2S. The fraction of sp³-hybridized carbons (Fsp3) is 0.769. The summed E-state index contributed by atoms with van der Waals surface area (Å²) >= 11 is 1.28. The van der Waals surface area contributed by atoms with E-state index in [1.807, 2.05) is 0 Å². The van der Waals surface area contributed by atoms with Gasteiger partial charge in [-0.3, -0.25) is 4.79 Å². The van der Waals surface area contributed by atoms with E-state index in [1.54, 1.807) is 6.92 Å². The molecule has 2 rings (SSSR count). The van der Waals surface area contributed by atoms with Crippen molar-refractivity contribution >= 4 is 17.7 Å². The number of carbonyl (C=O) groups is 1. The van der Waals surface area contributed by atoms with Crippen molar-refractivity contribution in [2.24, 2.45) is 0 Å². The highest BCUT2D eigenvalue weighted by molar-refractivity contribution is 8.00. The molecule has 0 aliphatic heterocycles. The predicted octanol–water partition coefficient (Wildman–Crippen LogP) is 2.91. The Bertz CT molecular complexity index is 441. The Balaban J connectivity index is 2.17. The fourth-order valence-corrected chi connectivity index (χ4v) is 3.41. The van der Waals surface area contributed by atoms with Crippen molar-refractivity contribution in [3.63, 3.8) is 0 Å². The van der Waals surface area contributed by atoms with Crippen LogP contribution in [0.4, 0.5) is 0 Å². The van der Waals surface area contributed by atoms with Gasteiger partial charge in [0.15, 0.2) is 5.16 Å². The number of hydrogen-bond acceptors (Lipinski definition) is 4. The van der Waals surface area contributed by atoms with E-state index < -0.39 is 11.2 Å². The van der Waals surface area contributed by atoms with E-state index in [1.165, 1.54) is 43.9 Å². The zero-order valence-electron chi connectivity index (χ0n) is 11.5. The van der Waals surface area contributed by atoms with E-state index in [-0.39, 0.29) is 0 Å². The van der Waals surface area contributed by atoms with Crippen LogP contribution < -0.4 is 0 Å². The molecule has 1 aliphatic carbocycles. The van der Waals surface area contributed by atoms with Crippen molar-refractivity contribution in [3.05, 3.63) is 5.82 Å². The third kappa shape index (κ3) is 3.29. The third-order valence-electron chi connectivity index (χ3n) is 3.66. The second-order valence-electron chi connectivity index (χ2n) is 5.02. The molecule has 1 fully saturated rings. The van der Waals surface area contributed by atoms with E-state index >= 15 is 0 Å². The van der Waals surface area contributed by atoms with Crippen molar-refractivity contribution in [2.75, 3.05) is 0 Å². The molecule has 1 atom stereocenters.